The van der Waals surface area contributed by atoms with Gasteiger partial charge in [-0.25, -0.2) is 0 Å². The van der Waals surface area contributed by atoms with Gasteiger partial charge in [-0.1, -0.05) is 28.1 Å². The van der Waals surface area contributed by atoms with Crippen LogP contribution >= 0.6 is 15.9 Å². The summed E-state index contributed by atoms with van der Waals surface area (Å²) in [5.41, 5.74) is 3.71. The summed E-state index contributed by atoms with van der Waals surface area (Å²) >= 11 is 3.55. The number of nitrogens with one attached hydrogen (secondary N) is 2. The first-order chi connectivity index (χ1) is 8.16. The molecule has 0 aliphatic carbocycles. The SMILES string of the molecule is Cc1ccc(CNC(C)c2cn[nH]c2)cc1Br. The van der Waals surface area contributed by atoms with Crippen molar-refractivity contribution in [3.8, 4) is 0 Å². The van der Waals surface area contributed by atoms with Crippen molar-refractivity contribution in [1.29, 1.82) is 0 Å². The fourth-order valence-corrected chi connectivity index (χ4v) is 2.06. The fraction of sp³-hybridized carbons (Fsp3) is 0.308. The normalized spacial score (nSPS) is 12.6. The maximum Gasteiger partial charge on any atom is 0.0534 e. The quantitative estimate of drug-likeness (QED) is 0.908. The van der Waals surface area contributed by atoms with E-state index in [9.17, 15) is 0 Å². The Bertz CT molecular complexity index is 479. The molecule has 0 saturated heterocycles. The molecule has 90 valence electrons. The van der Waals surface area contributed by atoms with Gasteiger partial charge >= 0.3 is 0 Å². The van der Waals surface area contributed by atoms with Crippen molar-refractivity contribution in [2.75, 3.05) is 0 Å². The second-order valence-corrected chi connectivity index (χ2v) is 5.07. The summed E-state index contributed by atoms with van der Waals surface area (Å²) in [6.45, 7) is 5.08. The molecule has 0 aliphatic heterocycles. The number of rotatable bonds is 4. The highest BCUT2D eigenvalue weighted by Gasteiger charge is 2.05. The number of aromatic amines is 1. The van der Waals surface area contributed by atoms with Gasteiger partial charge in [-0.2, -0.15) is 5.10 Å². The third-order valence-corrected chi connectivity index (χ3v) is 3.72. The molecule has 2 N–H and O–H groups in total. The van der Waals surface area contributed by atoms with Crippen molar-refractivity contribution in [2.45, 2.75) is 26.4 Å². The molecule has 2 rings (SSSR count). The van der Waals surface area contributed by atoms with Crippen LogP contribution in [0.25, 0.3) is 0 Å². The average Bonchev–Trinajstić information content (AvgIpc) is 2.84. The van der Waals surface area contributed by atoms with Crippen LogP contribution in [0.15, 0.2) is 35.1 Å². The van der Waals surface area contributed by atoms with E-state index in [-0.39, 0.29) is 0 Å². The molecule has 1 aromatic heterocycles. The lowest BCUT2D eigenvalue weighted by Crippen LogP contribution is -2.17. The lowest BCUT2D eigenvalue weighted by atomic mass is 10.1. The van der Waals surface area contributed by atoms with E-state index < -0.39 is 0 Å². The van der Waals surface area contributed by atoms with Gasteiger partial charge in [0, 0.05) is 28.8 Å². The monoisotopic (exact) mass is 293 g/mol. The minimum atomic E-state index is 0.300. The maximum absolute atomic E-state index is 3.95. The van der Waals surface area contributed by atoms with Gasteiger partial charge in [-0.15, -0.1) is 0 Å². The van der Waals surface area contributed by atoms with Crippen LogP contribution in [0.3, 0.4) is 0 Å². The summed E-state index contributed by atoms with van der Waals surface area (Å²) in [5.74, 6) is 0. The molecular formula is C13H16BrN3. The Kier molecular flexibility index (Phi) is 3.97. The van der Waals surface area contributed by atoms with Crippen LogP contribution in [0.1, 0.15) is 29.7 Å². The third kappa shape index (κ3) is 3.17. The number of hydrogen-bond donors (Lipinski definition) is 2. The number of H-pyrrole nitrogens is 1. The van der Waals surface area contributed by atoms with Crippen LogP contribution in [0, 0.1) is 6.92 Å². The van der Waals surface area contributed by atoms with Crippen molar-refractivity contribution in [1.82, 2.24) is 15.5 Å². The van der Waals surface area contributed by atoms with Crippen LogP contribution in [0.5, 0.6) is 0 Å². The van der Waals surface area contributed by atoms with E-state index in [1.807, 2.05) is 12.4 Å². The summed E-state index contributed by atoms with van der Waals surface area (Å²) in [4.78, 5) is 0. The molecule has 0 amide bonds. The van der Waals surface area contributed by atoms with Crippen molar-refractivity contribution in [3.05, 3.63) is 51.8 Å². The Morgan fingerprint density at radius 1 is 1.47 bits per heavy atom. The van der Waals surface area contributed by atoms with E-state index in [0.717, 1.165) is 11.0 Å². The first-order valence-corrected chi connectivity index (χ1v) is 6.43. The van der Waals surface area contributed by atoms with E-state index in [1.54, 1.807) is 0 Å². The predicted molar refractivity (Wildman–Crippen MR) is 72.7 cm³/mol. The summed E-state index contributed by atoms with van der Waals surface area (Å²) < 4.78 is 1.16. The number of benzene rings is 1. The number of aryl methyl sites for hydroxylation is 1. The molecular weight excluding hydrogens is 278 g/mol. The van der Waals surface area contributed by atoms with Gasteiger partial charge in [0.2, 0.25) is 0 Å². The zero-order chi connectivity index (χ0) is 12.3. The fourth-order valence-electron chi connectivity index (χ4n) is 1.63. The summed E-state index contributed by atoms with van der Waals surface area (Å²) in [6.07, 6.45) is 3.77. The number of nitrogens with zero attached hydrogens (tertiary/aromatic N) is 1. The first-order valence-electron chi connectivity index (χ1n) is 5.64. The molecule has 0 bridgehead atoms. The second-order valence-electron chi connectivity index (χ2n) is 4.22. The maximum atomic E-state index is 3.95. The Labute approximate surface area is 110 Å². The molecule has 4 heteroatoms. The number of hydrogen-bond acceptors (Lipinski definition) is 2. The van der Waals surface area contributed by atoms with Gasteiger partial charge in [0.15, 0.2) is 0 Å². The molecule has 1 atom stereocenters. The third-order valence-electron chi connectivity index (χ3n) is 2.87. The Morgan fingerprint density at radius 2 is 2.29 bits per heavy atom. The lowest BCUT2D eigenvalue weighted by molar-refractivity contribution is 0.575. The van der Waals surface area contributed by atoms with E-state index >= 15 is 0 Å². The molecule has 1 unspecified atom stereocenters. The first kappa shape index (κ1) is 12.3. The Hall–Kier alpha value is -1.13. The van der Waals surface area contributed by atoms with Gasteiger partial charge in [-0.05, 0) is 31.0 Å². The Balaban J connectivity index is 1.96. The lowest BCUT2D eigenvalue weighted by Gasteiger charge is -2.12. The Morgan fingerprint density at radius 3 is 2.94 bits per heavy atom. The highest BCUT2D eigenvalue weighted by Crippen LogP contribution is 2.18. The zero-order valence-electron chi connectivity index (χ0n) is 10.00. The number of aromatic nitrogens is 2. The van der Waals surface area contributed by atoms with Crippen LogP contribution < -0.4 is 5.32 Å². The molecule has 0 spiro atoms. The van der Waals surface area contributed by atoms with Crippen LogP contribution in [-0.4, -0.2) is 10.2 Å². The van der Waals surface area contributed by atoms with E-state index in [4.69, 9.17) is 0 Å². The molecule has 17 heavy (non-hydrogen) atoms. The van der Waals surface area contributed by atoms with Crippen molar-refractivity contribution >= 4 is 15.9 Å². The highest BCUT2D eigenvalue weighted by atomic mass is 79.9. The van der Waals surface area contributed by atoms with Crippen LogP contribution in [-0.2, 0) is 6.54 Å². The van der Waals surface area contributed by atoms with E-state index in [0.29, 0.717) is 6.04 Å². The topological polar surface area (TPSA) is 40.7 Å². The molecule has 0 radical (unpaired) electrons. The molecule has 1 aromatic carbocycles. The summed E-state index contributed by atoms with van der Waals surface area (Å²) in [6, 6.07) is 6.73. The van der Waals surface area contributed by atoms with Gasteiger partial charge in [-0.3, -0.25) is 5.10 Å². The second kappa shape index (κ2) is 5.47. The van der Waals surface area contributed by atoms with Gasteiger partial charge in [0.1, 0.15) is 0 Å². The van der Waals surface area contributed by atoms with E-state index in [2.05, 4.69) is 63.5 Å². The minimum absolute atomic E-state index is 0.300. The molecule has 0 saturated carbocycles. The largest absolute Gasteiger partial charge is 0.306 e. The van der Waals surface area contributed by atoms with Crippen LogP contribution in [0.4, 0.5) is 0 Å². The molecule has 3 nitrogen and oxygen atoms in total. The van der Waals surface area contributed by atoms with Gasteiger partial charge in [0.05, 0.1) is 6.20 Å². The summed E-state index contributed by atoms with van der Waals surface area (Å²) in [7, 11) is 0. The summed E-state index contributed by atoms with van der Waals surface area (Å²) in [5, 5.41) is 10.2. The molecule has 1 heterocycles. The van der Waals surface area contributed by atoms with Crippen molar-refractivity contribution in [2.24, 2.45) is 0 Å². The number of halogens is 1. The van der Waals surface area contributed by atoms with Crippen molar-refractivity contribution < 1.29 is 0 Å². The zero-order valence-corrected chi connectivity index (χ0v) is 11.6. The molecule has 2 aromatic rings. The molecule has 0 fully saturated rings. The minimum Gasteiger partial charge on any atom is -0.306 e. The van der Waals surface area contributed by atoms with Crippen molar-refractivity contribution in [3.63, 3.8) is 0 Å². The standard InChI is InChI=1S/C13H16BrN3/c1-9-3-4-11(5-13(9)14)6-15-10(2)12-7-16-17-8-12/h3-5,7-8,10,15H,6H2,1-2H3,(H,16,17). The van der Waals surface area contributed by atoms with Gasteiger partial charge in [0.25, 0.3) is 0 Å². The van der Waals surface area contributed by atoms with E-state index in [1.165, 1.54) is 16.7 Å². The highest BCUT2D eigenvalue weighted by molar-refractivity contribution is 9.10. The average molecular weight is 294 g/mol. The predicted octanol–water partition coefficient (Wildman–Crippen LogP) is 3.33. The van der Waals surface area contributed by atoms with Crippen LogP contribution in [0.2, 0.25) is 0 Å². The smallest absolute Gasteiger partial charge is 0.0534 e. The molecule has 0 aliphatic rings. The van der Waals surface area contributed by atoms with Gasteiger partial charge < -0.3 is 5.32 Å².